The van der Waals surface area contributed by atoms with E-state index < -0.39 is 5.82 Å². The van der Waals surface area contributed by atoms with Gasteiger partial charge in [-0.05, 0) is 37.5 Å². The lowest BCUT2D eigenvalue weighted by Gasteiger charge is -2.24. The van der Waals surface area contributed by atoms with E-state index in [9.17, 15) is 9.18 Å². The molecule has 0 unspecified atom stereocenters. The molecular formula is C20H22FN7O. The molecule has 29 heavy (non-hydrogen) atoms. The van der Waals surface area contributed by atoms with E-state index in [0.29, 0.717) is 25.6 Å². The lowest BCUT2D eigenvalue weighted by atomic mass is 9.85. The largest absolute Gasteiger partial charge is 0.353 e. The van der Waals surface area contributed by atoms with Crippen LogP contribution in [0, 0.1) is 5.82 Å². The Morgan fingerprint density at radius 3 is 2.72 bits per heavy atom. The molecule has 5 rings (SSSR count). The molecule has 1 amide bonds. The van der Waals surface area contributed by atoms with E-state index in [-0.39, 0.29) is 11.5 Å². The maximum atomic E-state index is 13.9. The van der Waals surface area contributed by atoms with E-state index in [1.165, 1.54) is 18.7 Å². The zero-order chi connectivity index (χ0) is 19.8. The average molecular weight is 395 g/mol. The van der Waals surface area contributed by atoms with Crippen molar-refractivity contribution in [2.75, 3.05) is 31.1 Å². The highest BCUT2D eigenvalue weighted by Gasteiger charge is 2.26. The molecule has 0 spiro atoms. The van der Waals surface area contributed by atoms with E-state index in [0.717, 1.165) is 49.3 Å². The van der Waals surface area contributed by atoms with Crippen molar-refractivity contribution in [2.24, 2.45) is 0 Å². The maximum Gasteiger partial charge on any atom is 0.257 e. The monoisotopic (exact) mass is 395 g/mol. The van der Waals surface area contributed by atoms with E-state index in [2.05, 4.69) is 20.1 Å². The van der Waals surface area contributed by atoms with E-state index in [4.69, 9.17) is 5.10 Å². The smallest absolute Gasteiger partial charge is 0.257 e. The van der Waals surface area contributed by atoms with Gasteiger partial charge in [-0.1, -0.05) is 6.42 Å². The number of pyridine rings is 1. The van der Waals surface area contributed by atoms with Crippen LogP contribution in [0.3, 0.4) is 0 Å². The van der Waals surface area contributed by atoms with Crippen LogP contribution in [0.25, 0.3) is 5.65 Å². The average Bonchev–Trinajstić information content (AvgIpc) is 2.94. The molecule has 3 aromatic heterocycles. The Morgan fingerprint density at radius 2 is 1.93 bits per heavy atom. The van der Waals surface area contributed by atoms with Crippen LogP contribution in [-0.4, -0.2) is 61.8 Å². The lowest BCUT2D eigenvalue weighted by Crippen LogP contribution is -2.36. The van der Waals surface area contributed by atoms with Gasteiger partial charge in [-0.15, -0.1) is 15.3 Å². The summed E-state index contributed by atoms with van der Waals surface area (Å²) in [6, 6.07) is 5.33. The number of carbonyl (C=O) groups is 1. The minimum Gasteiger partial charge on any atom is -0.353 e. The van der Waals surface area contributed by atoms with Gasteiger partial charge in [0.2, 0.25) is 0 Å². The molecule has 0 N–H and O–H groups in total. The Kier molecular flexibility index (Phi) is 4.57. The number of aromatic nitrogens is 5. The quantitative estimate of drug-likeness (QED) is 0.677. The summed E-state index contributed by atoms with van der Waals surface area (Å²) in [5, 5.41) is 13.4. The molecule has 2 fully saturated rings. The third-order valence-electron chi connectivity index (χ3n) is 5.85. The second-order valence-corrected chi connectivity index (χ2v) is 7.64. The Morgan fingerprint density at radius 1 is 1.03 bits per heavy atom. The number of rotatable bonds is 3. The summed E-state index contributed by atoms with van der Waals surface area (Å²) in [6.45, 7) is 2.51. The van der Waals surface area contributed by atoms with Gasteiger partial charge in [-0.3, -0.25) is 9.78 Å². The van der Waals surface area contributed by atoms with Crippen molar-refractivity contribution in [1.29, 1.82) is 0 Å². The number of nitrogens with zero attached hydrogens (tertiary/aromatic N) is 7. The Balaban J connectivity index is 1.34. The van der Waals surface area contributed by atoms with Gasteiger partial charge in [0.1, 0.15) is 5.82 Å². The second kappa shape index (κ2) is 7.38. The van der Waals surface area contributed by atoms with Crippen LogP contribution in [0.5, 0.6) is 0 Å². The number of carbonyl (C=O) groups excluding carboxylic acids is 1. The van der Waals surface area contributed by atoms with E-state index >= 15 is 0 Å². The van der Waals surface area contributed by atoms with Crippen molar-refractivity contribution in [3.05, 3.63) is 47.8 Å². The highest BCUT2D eigenvalue weighted by Crippen LogP contribution is 2.35. The van der Waals surface area contributed by atoms with Crippen molar-refractivity contribution in [1.82, 2.24) is 29.7 Å². The Hall–Kier alpha value is -3.10. The second-order valence-electron chi connectivity index (χ2n) is 7.64. The first-order valence-corrected chi connectivity index (χ1v) is 10.1. The zero-order valence-electron chi connectivity index (χ0n) is 16.0. The summed E-state index contributed by atoms with van der Waals surface area (Å²) in [5.74, 6) is 1.36. The van der Waals surface area contributed by atoms with Crippen molar-refractivity contribution in [3.63, 3.8) is 0 Å². The fourth-order valence-electron chi connectivity index (χ4n) is 3.95. The number of fused-ring (bicyclic) bond motifs is 1. The van der Waals surface area contributed by atoms with Gasteiger partial charge in [-0.25, -0.2) is 4.39 Å². The summed E-state index contributed by atoms with van der Waals surface area (Å²) in [7, 11) is 0. The van der Waals surface area contributed by atoms with Crippen LogP contribution in [0.4, 0.5) is 10.2 Å². The third-order valence-corrected chi connectivity index (χ3v) is 5.85. The molecule has 150 valence electrons. The van der Waals surface area contributed by atoms with Crippen molar-refractivity contribution in [3.8, 4) is 0 Å². The molecule has 0 bridgehead atoms. The predicted octanol–water partition coefficient (Wildman–Crippen LogP) is 2.28. The summed E-state index contributed by atoms with van der Waals surface area (Å²) >= 11 is 0. The van der Waals surface area contributed by atoms with E-state index in [1.54, 1.807) is 4.90 Å². The number of anilines is 1. The van der Waals surface area contributed by atoms with Crippen molar-refractivity contribution in [2.45, 2.75) is 31.6 Å². The molecule has 1 aliphatic carbocycles. The molecule has 3 aromatic rings. The molecule has 4 heterocycles. The molecule has 0 radical (unpaired) electrons. The van der Waals surface area contributed by atoms with Crippen molar-refractivity contribution >= 4 is 17.4 Å². The van der Waals surface area contributed by atoms with Crippen LogP contribution < -0.4 is 4.90 Å². The van der Waals surface area contributed by atoms with E-state index in [1.807, 2.05) is 16.6 Å². The lowest BCUT2D eigenvalue weighted by molar-refractivity contribution is 0.0762. The van der Waals surface area contributed by atoms with Crippen LogP contribution in [0.15, 0.2) is 30.6 Å². The Bertz CT molecular complexity index is 1050. The molecular weight excluding hydrogens is 373 g/mol. The minimum atomic E-state index is -0.582. The summed E-state index contributed by atoms with van der Waals surface area (Å²) in [4.78, 5) is 20.3. The minimum absolute atomic E-state index is 0.0719. The van der Waals surface area contributed by atoms with Gasteiger partial charge >= 0.3 is 0 Å². The van der Waals surface area contributed by atoms with Gasteiger partial charge in [0.25, 0.3) is 5.91 Å². The normalized spacial score (nSPS) is 18.0. The zero-order valence-corrected chi connectivity index (χ0v) is 16.0. The van der Waals surface area contributed by atoms with Crippen LogP contribution >= 0.6 is 0 Å². The van der Waals surface area contributed by atoms with Gasteiger partial charge in [0.15, 0.2) is 17.3 Å². The maximum absolute atomic E-state index is 13.9. The molecule has 0 atom stereocenters. The van der Waals surface area contributed by atoms with Crippen LogP contribution in [0.1, 0.15) is 47.8 Å². The summed E-state index contributed by atoms with van der Waals surface area (Å²) < 4.78 is 15.8. The van der Waals surface area contributed by atoms with Gasteiger partial charge in [0, 0.05) is 38.3 Å². The predicted molar refractivity (Wildman–Crippen MR) is 104 cm³/mol. The molecule has 1 aliphatic heterocycles. The molecule has 1 saturated heterocycles. The Labute approximate surface area is 167 Å². The molecule has 1 saturated carbocycles. The standard InChI is InChI=1S/C20H22FN7O/c21-16-13-22-8-7-15(16)20(29)27-10-2-9-26(11-12-27)18-6-5-17-23-24-19(28(17)25-18)14-3-1-4-14/h5-8,13-14H,1-4,9-12H2. The first-order chi connectivity index (χ1) is 14.2. The fraction of sp³-hybridized carbons (Fsp3) is 0.450. The van der Waals surface area contributed by atoms with Crippen molar-refractivity contribution < 1.29 is 9.18 Å². The van der Waals surface area contributed by atoms with Gasteiger partial charge < -0.3 is 9.80 Å². The highest BCUT2D eigenvalue weighted by molar-refractivity contribution is 5.94. The summed E-state index contributed by atoms with van der Waals surface area (Å²) in [6.07, 6.45) is 6.81. The molecule has 0 aromatic carbocycles. The van der Waals surface area contributed by atoms with Crippen LogP contribution in [-0.2, 0) is 0 Å². The topological polar surface area (TPSA) is 79.5 Å². The van der Waals surface area contributed by atoms with Gasteiger partial charge in [0.05, 0.1) is 11.8 Å². The van der Waals surface area contributed by atoms with Crippen LogP contribution in [0.2, 0.25) is 0 Å². The highest BCUT2D eigenvalue weighted by atomic mass is 19.1. The first-order valence-electron chi connectivity index (χ1n) is 10.1. The fourth-order valence-corrected chi connectivity index (χ4v) is 3.95. The molecule has 2 aliphatic rings. The van der Waals surface area contributed by atoms with Gasteiger partial charge in [-0.2, -0.15) is 4.52 Å². The third kappa shape index (κ3) is 3.30. The number of amides is 1. The molecule has 8 nitrogen and oxygen atoms in total. The SMILES string of the molecule is O=C(c1ccncc1F)N1CCCN(c2ccc3nnc(C4CCC4)n3n2)CC1. The summed E-state index contributed by atoms with van der Waals surface area (Å²) in [5.41, 5.74) is 0.832. The first kappa shape index (κ1) is 18.0. The number of hydrogen-bond donors (Lipinski definition) is 0. The number of hydrogen-bond acceptors (Lipinski definition) is 6. The number of halogens is 1. The molecule has 9 heteroatoms.